The van der Waals surface area contributed by atoms with E-state index in [1.807, 2.05) is 24.5 Å². The zero-order valence-corrected chi connectivity index (χ0v) is 8.32. The first-order valence-corrected chi connectivity index (χ1v) is 5.26. The minimum atomic E-state index is 0.295. The number of hydrogen-bond acceptors (Lipinski definition) is 3. The Labute approximate surface area is 84.7 Å². The van der Waals surface area contributed by atoms with E-state index >= 15 is 0 Å². The first-order valence-electron chi connectivity index (χ1n) is 5.26. The summed E-state index contributed by atoms with van der Waals surface area (Å²) >= 11 is 0. The van der Waals surface area contributed by atoms with E-state index in [-0.39, 0.29) is 0 Å². The van der Waals surface area contributed by atoms with Crippen LogP contribution >= 0.6 is 0 Å². The van der Waals surface area contributed by atoms with Crippen LogP contribution in [0.3, 0.4) is 0 Å². The molecule has 0 spiro atoms. The highest BCUT2D eigenvalue weighted by molar-refractivity contribution is 5.14. The third-order valence-corrected chi connectivity index (χ3v) is 3.10. The summed E-state index contributed by atoms with van der Waals surface area (Å²) in [5.41, 5.74) is 4.13. The maximum absolute atomic E-state index is 5.56. The number of pyridine rings is 1. The highest BCUT2D eigenvalue weighted by atomic mass is 15.2. The molecule has 2 rings (SSSR count). The molecule has 1 unspecified atom stereocenters. The molecule has 3 nitrogen and oxygen atoms in total. The third kappa shape index (κ3) is 2.11. The Morgan fingerprint density at radius 3 is 2.64 bits per heavy atom. The molecule has 1 atom stereocenters. The number of hydrazine groups is 1. The smallest absolute Gasteiger partial charge is 0.0463 e. The van der Waals surface area contributed by atoms with Crippen LogP contribution in [0.25, 0.3) is 0 Å². The van der Waals surface area contributed by atoms with Crippen molar-refractivity contribution in [3.8, 4) is 0 Å². The van der Waals surface area contributed by atoms with Crippen molar-refractivity contribution in [2.24, 2.45) is 11.8 Å². The van der Waals surface area contributed by atoms with Crippen LogP contribution in [-0.4, -0.2) is 4.98 Å². The molecule has 1 aromatic heterocycles. The summed E-state index contributed by atoms with van der Waals surface area (Å²) in [6.07, 6.45) is 8.91. The molecule has 14 heavy (non-hydrogen) atoms. The van der Waals surface area contributed by atoms with E-state index in [4.69, 9.17) is 5.84 Å². The van der Waals surface area contributed by atoms with Gasteiger partial charge in [0, 0.05) is 18.4 Å². The zero-order valence-electron chi connectivity index (χ0n) is 8.32. The molecule has 0 amide bonds. The normalized spacial score (nSPS) is 18.9. The molecule has 1 aliphatic carbocycles. The third-order valence-electron chi connectivity index (χ3n) is 3.10. The number of nitrogens with two attached hydrogens (primary N) is 1. The van der Waals surface area contributed by atoms with Crippen molar-refractivity contribution in [3.05, 3.63) is 30.1 Å². The lowest BCUT2D eigenvalue weighted by atomic mass is 9.80. The number of aromatic nitrogens is 1. The van der Waals surface area contributed by atoms with E-state index < -0.39 is 0 Å². The Morgan fingerprint density at radius 2 is 2.14 bits per heavy atom. The quantitative estimate of drug-likeness (QED) is 0.563. The fraction of sp³-hybridized carbons (Fsp3) is 0.545. The molecule has 1 aliphatic rings. The predicted molar refractivity (Wildman–Crippen MR) is 56.3 cm³/mol. The van der Waals surface area contributed by atoms with Gasteiger partial charge in [-0.05, 0) is 30.0 Å². The first-order chi connectivity index (χ1) is 6.90. The molecule has 0 aliphatic heterocycles. The van der Waals surface area contributed by atoms with Gasteiger partial charge in [-0.1, -0.05) is 19.3 Å². The molecule has 3 heteroatoms. The average Bonchev–Trinajstić information content (AvgIpc) is 2.18. The van der Waals surface area contributed by atoms with Gasteiger partial charge >= 0.3 is 0 Å². The largest absolute Gasteiger partial charge is 0.271 e. The zero-order chi connectivity index (χ0) is 9.80. The fourth-order valence-electron chi connectivity index (χ4n) is 1.96. The van der Waals surface area contributed by atoms with E-state index in [9.17, 15) is 0 Å². The van der Waals surface area contributed by atoms with E-state index in [1.165, 1.54) is 24.8 Å². The Bertz CT molecular complexity index is 269. The molecule has 1 fully saturated rings. The summed E-state index contributed by atoms with van der Waals surface area (Å²) in [6, 6.07) is 4.36. The maximum atomic E-state index is 5.56. The lowest BCUT2D eigenvalue weighted by Gasteiger charge is -2.29. The second-order valence-electron chi connectivity index (χ2n) is 4.03. The van der Waals surface area contributed by atoms with Crippen LogP contribution in [0, 0.1) is 5.92 Å². The Kier molecular flexibility index (Phi) is 3.11. The van der Waals surface area contributed by atoms with Gasteiger partial charge in [0.15, 0.2) is 0 Å². The van der Waals surface area contributed by atoms with Gasteiger partial charge < -0.3 is 0 Å². The highest BCUT2D eigenvalue weighted by Crippen LogP contribution is 2.34. The molecule has 0 aromatic carbocycles. The molecule has 1 heterocycles. The predicted octanol–water partition coefficient (Wildman–Crippen LogP) is 1.78. The van der Waals surface area contributed by atoms with E-state index in [0.717, 1.165) is 12.3 Å². The van der Waals surface area contributed by atoms with Crippen molar-refractivity contribution >= 4 is 0 Å². The van der Waals surface area contributed by atoms with E-state index in [1.54, 1.807) is 0 Å². The first kappa shape index (κ1) is 9.62. The van der Waals surface area contributed by atoms with Crippen LogP contribution in [0.2, 0.25) is 0 Å². The van der Waals surface area contributed by atoms with Crippen molar-refractivity contribution in [1.29, 1.82) is 0 Å². The van der Waals surface area contributed by atoms with Crippen molar-refractivity contribution in [1.82, 2.24) is 10.4 Å². The van der Waals surface area contributed by atoms with Crippen LogP contribution < -0.4 is 11.3 Å². The minimum absolute atomic E-state index is 0.295. The van der Waals surface area contributed by atoms with Crippen LogP contribution in [0.5, 0.6) is 0 Å². The van der Waals surface area contributed by atoms with Crippen molar-refractivity contribution in [2.75, 3.05) is 0 Å². The molecular weight excluding hydrogens is 174 g/mol. The molecule has 1 saturated carbocycles. The van der Waals surface area contributed by atoms with Gasteiger partial charge in [0.2, 0.25) is 0 Å². The van der Waals surface area contributed by atoms with Gasteiger partial charge in [-0.25, -0.2) is 0 Å². The molecular formula is C11H17N3. The second kappa shape index (κ2) is 4.53. The van der Waals surface area contributed by atoms with Crippen LogP contribution in [0.15, 0.2) is 24.5 Å². The lowest BCUT2D eigenvalue weighted by molar-refractivity contribution is 0.262. The summed E-state index contributed by atoms with van der Waals surface area (Å²) in [6.45, 7) is 0. The van der Waals surface area contributed by atoms with Gasteiger partial charge in [-0.2, -0.15) is 0 Å². The molecule has 1 aromatic rings. The van der Waals surface area contributed by atoms with Gasteiger partial charge in [0.05, 0.1) is 0 Å². The standard InChI is InChI=1S/C11H17N3/c12-14-11(8-9-2-1-3-9)10-4-6-13-7-5-10/h4-7,9,11,14H,1-3,8,12H2. The van der Waals surface area contributed by atoms with E-state index in [0.29, 0.717) is 6.04 Å². The molecule has 3 N–H and O–H groups in total. The lowest BCUT2D eigenvalue weighted by Crippen LogP contribution is -2.31. The molecule has 0 saturated heterocycles. The SMILES string of the molecule is NNC(CC1CCC1)c1ccncc1. The number of rotatable bonds is 4. The summed E-state index contributed by atoms with van der Waals surface area (Å²) in [5.74, 6) is 6.43. The Hall–Kier alpha value is -0.930. The summed E-state index contributed by atoms with van der Waals surface area (Å²) in [5, 5.41) is 0. The van der Waals surface area contributed by atoms with E-state index in [2.05, 4.69) is 10.4 Å². The van der Waals surface area contributed by atoms with Crippen LogP contribution in [0.4, 0.5) is 0 Å². The van der Waals surface area contributed by atoms with Crippen LogP contribution in [-0.2, 0) is 0 Å². The maximum Gasteiger partial charge on any atom is 0.0463 e. The number of hydrogen-bond donors (Lipinski definition) is 2. The summed E-state index contributed by atoms with van der Waals surface area (Å²) in [7, 11) is 0. The summed E-state index contributed by atoms with van der Waals surface area (Å²) in [4.78, 5) is 4.01. The van der Waals surface area contributed by atoms with Gasteiger partial charge in [-0.3, -0.25) is 16.3 Å². The minimum Gasteiger partial charge on any atom is -0.271 e. The summed E-state index contributed by atoms with van der Waals surface area (Å²) < 4.78 is 0. The molecule has 0 bridgehead atoms. The average molecular weight is 191 g/mol. The topological polar surface area (TPSA) is 50.9 Å². The van der Waals surface area contributed by atoms with Gasteiger partial charge in [-0.15, -0.1) is 0 Å². The molecule has 0 radical (unpaired) electrons. The Balaban J connectivity index is 1.98. The number of nitrogens with one attached hydrogen (secondary N) is 1. The van der Waals surface area contributed by atoms with Crippen molar-refractivity contribution < 1.29 is 0 Å². The highest BCUT2D eigenvalue weighted by Gasteiger charge is 2.22. The fourth-order valence-corrected chi connectivity index (χ4v) is 1.96. The Morgan fingerprint density at radius 1 is 1.43 bits per heavy atom. The molecule has 76 valence electrons. The van der Waals surface area contributed by atoms with Crippen molar-refractivity contribution in [2.45, 2.75) is 31.7 Å². The van der Waals surface area contributed by atoms with Gasteiger partial charge in [0.25, 0.3) is 0 Å². The second-order valence-corrected chi connectivity index (χ2v) is 4.03. The van der Waals surface area contributed by atoms with Crippen LogP contribution in [0.1, 0.15) is 37.3 Å². The number of nitrogens with zero attached hydrogens (tertiary/aromatic N) is 1. The van der Waals surface area contributed by atoms with Crippen molar-refractivity contribution in [3.63, 3.8) is 0 Å². The monoisotopic (exact) mass is 191 g/mol. The van der Waals surface area contributed by atoms with Gasteiger partial charge in [0.1, 0.15) is 0 Å².